The van der Waals surface area contributed by atoms with Gasteiger partial charge in [-0.15, -0.1) is 0 Å². The van der Waals surface area contributed by atoms with Crippen LogP contribution in [0.15, 0.2) is 18.2 Å². The van der Waals surface area contributed by atoms with Crippen LogP contribution in [0, 0.1) is 12.7 Å². The summed E-state index contributed by atoms with van der Waals surface area (Å²) in [6.07, 6.45) is 0.534. The number of hydrogen-bond donors (Lipinski definition) is 2. The Morgan fingerprint density at radius 3 is 2.65 bits per heavy atom. The predicted molar refractivity (Wildman–Crippen MR) is 67.1 cm³/mol. The molecule has 96 valence electrons. The summed E-state index contributed by atoms with van der Waals surface area (Å²) in [6, 6.07) is 3.96. The molecule has 17 heavy (non-hydrogen) atoms. The van der Waals surface area contributed by atoms with Crippen molar-refractivity contribution >= 4 is 15.7 Å². The van der Waals surface area contributed by atoms with Crippen molar-refractivity contribution in [2.24, 2.45) is 0 Å². The summed E-state index contributed by atoms with van der Waals surface area (Å²) in [5.41, 5.74) is 0.998. The molecule has 1 aromatic rings. The van der Waals surface area contributed by atoms with Crippen molar-refractivity contribution in [1.29, 1.82) is 0 Å². The summed E-state index contributed by atoms with van der Waals surface area (Å²) in [5, 5.41) is 2.88. The van der Waals surface area contributed by atoms with Crippen LogP contribution in [0.3, 0.4) is 0 Å². The van der Waals surface area contributed by atoms with Gasteiger partial charge in [0.05, 0.1) is 11.4 Å². The molecular weight excluding hydrogens is 243 g/mol. The molecule has 0 amide bonds. The first-order valence-corrected chi connectivity index (χ1v) is 7.01. The third-order valence-corrected chi connectivity index (χ3v) is 3.65. The van der Waals surface area contributed by atoms with Crippen LogP contribution in [0.5, 0.6) is 0 Å². The Balaban J connectivity index is 2.69. The smallest absolute Gasteiger partial charge is 0.232 e. The second-order valence-corrected chi connectivity index (χ2v) is 5.68. The van der Waals surface area contributed by atoms with Crippen molar-refractivity contribution in [3.63, 3.8) is 0 Å². The van der Waals surface area contributed by atoms with Gasteiger partial charge >= 0.3 is 0 Å². The summed E-state index contributed by atoms with van der Waals surface area (Å²) < 4.78 is 38.7. The second-order valence-electron chi connectivity index (χ2n) is 3.84. The van der Waals surface area contributed by atoms with E-state index in [9.17, 15) is 12.8 Å². The molecule has 6 heteroatoms. The molecule has 0 saturated carbocycles. The van der Waals surface area contributed by atoms with E-state index in [-0.39, 0.29) is 11.6 Å². The quantitative estimate of drug-likeness (QED) is 0.762. The largest absolute Gasteiger partial charge is 0.320 e. The predicted octanol–water partition coefficient (Wildman–Crippen LogP) is 1.49. The summed E-state index contributed by atoms with van der Waals surface area (Å²) in [4.78, 5) is 0. The van der Waals surface area contributed by atoms with Crippen LogP contribution in [0.4, 0.5) is 10.1 Å². The minimum absolute atomic E-state index is 0.0463. The Bertz CT molecular complexity index is 474. The van der Waals surface area contributed by atoms with Crippen molar-refractivity contribution in [3.05, 3.63) is 29.6 Å². The van der Waals surface area contributed by atoms with Crippen molar-refractivity contribution in [1.82, 2.24) is 5.32 Å². The molecule has 0 aromatic heterocycles. The lowest BCUT2D eigenvalue weighted by Crippen LogP contribution is -2.20. The zero-order chi connectivity index (χ0) is 12.9. The van der Waals surface area contributed by atoms with Gasteiger partial charge in [0, 0.05) is 0 Å². The third-order valence-electron chi connectivity index (χ3n) is 2.29. The topological polar surface area (TPSA) is 58.2 Å². The normalized spacial score (nSPS) is 11.5. The zero-order valence-electron chi connectivity index (χ0n) is 9.96. The summed E-state index contributed by atoms with van der Waals surface area (Å²) >= 11 is 0. The molecule has 2 N–H and O–H groups in total. The number of aryl methyl sites for hydroxylation is 1. The first kappa shape index (κ1) is 13.9. The van der Waals surface area contributed by atoms with Crippen LogP contribution >= 0.6 is 0 Å². The molecule has 0 aliphatic carbocycles. The number of nitrogens with one attached hydrogen (secondary N) is 2. The lowest BCUT2D eigenvalue weighted by atomic mass is 10.2. The highest BCUT2D eigenvalue weighted by atomic mass is 32.2. The lowest BCUT2D eigenvalue weighted by molar-refractivity contribution is 0.596. The Morgan fingerprint density at radius 2 is 2.06 bits per heavy atom. The van der Waals surface area contributed by atoms with E-state index in [2.05, 4.69) is 10.0 Å². The molecule has 1 rings (SSSR count). The standard InChI is InChI=1S/C11H17FN2O2S/c1-9-8-10(12)4-5-11(9)14-17(15,16)7-3-6-13-2/h4-5,8,13-14H,3,6-7H2,1-2H3. The van der Waals surface area contributed by atoms with Crippen LogP contribution in [-0.4, -0.2) is 27.8 Å². The fraction of sp³-hybridized carbons (Fsp3) is 0.455. The zero-order valence-corrected chi connectivity index (χ0v) is 10.8. The summed E-state index contributed by atoms with van der Waals surface area (Å²) in [7, 11) is -1.59. The average Bonchev–Trinajstić information content (AvgIpc) is 2.22. The van der Waals surface area contributed by atoms with Crippen molar-refractivity contribution < 1.29 is 12.8 Å². The van der Waals surface area contributed by atoms with Gasteiger partial charge in [-0.05, 0) is 50.7 Å². The van der Waals surface area contributed by atoms with Crippen molar-refractivity contribution in [3.8, 4) is 0 Å². The maximum Gasteiger partial charge on any atom is 0.232 e. The van der Waals surface area contributed by atoms with Crippen LogP contribution in [0.25, 0.3) is 0 Å². The maximum absolute atomic E-state index is 12.8. The highest BCUT2D eigenvalue weighted by Gasteiger charge is 2.11. The van der Waals surface area contributed by atoms with Gasteiger partial charge in [-0.2, -0.15) is 0 Å². The van der Waals surface area contributed by atoms with Crippen molar-refractivity contribution in [2.45, 2.75) is 13.3 Å². The SMILES string of the molecule is CNCCCS(=O)(=O)Nc1ccc(F)cc1C. The molecule has 0 unspecified atom stereocenters. The molecular formula is C11H17FN2O2S. The number of benzene rings is 1. The molecule has 0 aliphatic heterocycles. The van der Waals surface area contributed by atoms with Gasteiger partial charge in [0.15, 0.2) is 0 Å². The van der Waals surface area contributed by atoms with Gasteiger partial charge in [-0.3, -0.25) is 4.72 Å². The molecule has 4 nitrogen and oxygen atoms in total. The van der Waals surface area contributed by atoms with E-state index in [4.69, 9.17) is 0 Å². The van der Waals surface area contributed by atoms with Crippen molar-refractivity contribution in [2.75, 3.05) is 24.1 Å². The molecule has 0 saturated heterocycles. The number of sulfonamides is 1. The summed E-state index contributed by atoms with van der Waals surface area (Å²) in [5.74, 6) is -0.328. The second kappa shape index (κ2) is 5.97. The monoisotopic (exact) mass is 260 g/mol. The van der Waals surface area contributed by atoms with Gasteiger partial charge in [0.1, 0.15) is 5.82 Å². The fourth-order valence-corrected chi connectivity index (χ4v) is 2.59. The van der Waals surface area contributed by atoms with Crippen LogP contribution in [0.1, 0.15) is 12.0 Å². The highest BCUT2D eigenvalue weighted by molar-refractivity contribution is 7.92. The minimum atomic E-state index is -3.35. The average molecular weight is 260 g/mol. The molecule has 0 heterocycles. The highest BCUT2D eigenvalue weighted by Crippen LogP contribution is 2.17. The molecule has 0 spiro atoms. The number of hydrogen-bond acceptors (Lipinski definition) is 3. The van der Waals surface area contributed by atoms with Crippen LogP contribution in [-0.2, 0) is 10.0 Å². The molecule has 0 atom stereocenters. The van der Waals surface area contributed by atoms with Gasteiger partial charge in [0.2, 0.25) is 10.0 Å². The van der Waals surface area contributed by atoms with E-state index in [0.717, 1.165) is 0 Å². The molecule has 0 fully saturated rings. The van der Waals surface area contributed by atoms with Gasteiger partial charge in [-0.1, -0.05) is 0 Å². The third kappa shape index (κ3) is 4.70. The number of rotatable bonds is 6. The molecule has 0 radical (unpaired) electrons. The molecule has 0 aliphatic rings. The molecule has 1 aromatic carbocycles. The van der Waals surface area contributed by atoms with Gasteiger partial charge in [-0.25, -0.2) is 12.8 Å². The maximum atomic E-state index is 12.8. The Morgan fingerprint density at radius 1 is 1.35 bits per heavy atom. The Labute approximate surface area is 101 Å². The van der Waals surface area contributed by atoms with E-state index in [1.54, 1.807) is 14.0 Å². The van der Waals surface area contributed by atoms with E-state index in [1.807, 2.05) is 0 Å². The van der Waals surface area contributed by atoms with E-state index in [0.29, 0.717) is 24.2 Å². The van der Waals surface area contributed by atoms with E-state index >= 15 is 0 Å². The Hall–Kier alpha value is -1.14. The number of anilines is 1. The Kier molecular flexibility index (Phi) is 4.89. The number of halogens is 1. The summed E-state index contributed by atoms with van der Waals surface area (Å²) in [6.45, 7) is 2.30. The fourth-order valence-electron chi connectivity index (χ4n) is 1.40. The van der Waals surface area contributed by atoms with Gasteiger partial charge in [0.25, 0.3) is 0 Å². The van der Waals surface area contributed by atoms with E-state index < -0.39 is 10.0 Å². The van der Waals surface area contributed by atoms with Crippen LogP contribution in [0.2, 0.25) is 0 Å². The van der Waals surface area contributed by atoms with Gasteiger partial charge < -0.3 is 5.32 Å². The van der Waals surface area contributed by atoms with E-state index in [1.165, 1.54) is 18.2 Å². The minimum Gasteiger partial charge on any atom is -0.320 e. The first-order chi connectivity index (χ1) is 7.94. The first-order valence-electron chi connectivity index (χ1n) is 5.36. The molecule has 0 bridgehead atoms. The van der Waals surface area contributed by atoms with Crippen LogP contribution < -0.4 is 10.0 Å². The lowest BCUT2D eigenvalue weighted by Gasteiger charge is -2.10.